The van der Waals surface area contributed by atoms with E-state index in [4.69, 9.17) is 9.72 Å². The average molecular weight is 475 g/mol. The summed E-state index contributed by atoms with van der Waals surface area (Å²) in [4.78, 5) is 33.0. The van der Waals surface area contributed by atoms with E-state index < -0.39 is 0 Å². The molecule has 2 aromatic heterocycles. The number of rotatable bonds is 7. The quantitative estimate of drug-likeness (QED) is 0.226. The second-order valence-electron chi connectivity index (χ2n) is 9.63. The van der Waals surface area contributed by atoms with Gasteiger partial charge in [-0.1, -0.05) is 45.0 Å². The van der Waals surface area contributed by atoms with Crippen LogP contribution in [-0.4, -0.2) is 27.4 Å². The van der Waals surface area contributed by atoms with Crippen molar-refractivity contribution in [2.45, 2.75) is 83.5 Å². The van der Waals surface area contributed by atoms with Crippen LogP contribution in [0.3, 0.4) is 0 Å². The van der Waals surface area contributed by atoms with Crippen LogP contribution in [0.15, 0.2) is 22.6 Å². The van der Waals surface area contributed by atoms with Crippen molar-refractivity contribution in [1.82, 2.24) is 9.55 Å². The fourth-order valence-corrected chi connectivity index (χ4v) is 7.29. The van der Waals surface area contributed by atoms with Gasteiger partial charge >= 0.3 is 5.97 Å². The van der Waals surface area contributed by atoms with Gasteiger partial charge < -0.3 is 4.74 Å². The summed E-state index contributed by atoms with van der Waals surface area (Å²) in [6, 6.07) is 0. The van der Waals surface area contributed by atoms with E-state index in [-0.39, 0.29) is 23.4 Å². The number of aryl methyl sites for hydroxylation is 2. The van der Waals surface area contributed by atoms with Crippen molar-refractivity contribution in [3.63, 3.8) is 0 Å². The lowest BCUT2D eigenvalue weighted by Crippen LogP contribution is -2.36. The highest BCUT2D eigenvalue weighted by atomic mass is 32.2. The summed E-state index contributed by atoms with van der Waals surface area (Å²) >= 11 is 2.95. The van der Waals surface area contributed by atoms with Gasteiger partial charge in [-0.25, -0.2) is 4.98 Å². The highest BCUT2D eigenvalue weighted by Gasteiger charge is 2.33. The van der Waals surface area contributed by atoms with Gasteiger partial charge in [-0.05, 0) is 61.8 Å². The number of hydrogen-bond donors (Lipinski definition) is 0. The van der Waals surface area contributed by atoms with Crippen molar-refractivity contribution in [2.75, 3.05) is 5.75 Å². The van der Waals surface area contributed by atoms with Crippen molar-refractivity contribution in [3.05, 3.63) is 33.4 Å². The normalized spacial score (nSPS) is 23.3. The maximum Gasteiger partial charge on any atom is 0.316 e. The first-order valence-electron chi connectivity index (χ1n) is 11.9. The molecule has 2 aliphatic carbocycles. The SMILES string of the molecule is C=CCn1c(SCC(=O)OC2CC(C)CCC2C(C)C)nc2sc3c(c2c1=O)CCCC3. The molecule has 7 heteroatoms. The zero-order chi connectivity index (χ0) is 22.8. The molecule has 4 rings (SSSR count). The number of carbonyl (C=O) groups excluding carboxylic acids is 1. The van der Waals surface area contributed by atoms with Gasteiger partial charge in [0, 0.05) is 11.4 Å². The number of thiophene rings is 1. The third-order valence-electron chi connectivity index (χ3n) is 6.91. The van der Waals surface area contributed by atoms with E-state index >= 15 is 0 Å². The maximum absolute atomic E-state index is 13.3. The second-order valence-corrected chi connectivity index (χ2v) is 11.7. The number of nitrogens with zero attached hydrogens (tertiary/aromatic N) is 2. The largest absolute Gasteiger partial charge is 0.461 e. The van der Waals surface area contributed by atoms with Crippen LogP contribution in [0.5, 0.6) is 0 Å². The van der Waals surface area contributed by atoms with Crippen LogP contribution >= 0.6 is 23.1 Å². The molecule has 0 aromatic carbocycles. The number of thioether (sulfide) groups is 1. The fraction of sp³-hybridized carbons (Fsp3) is 0.640. The van der Waals surface area contributed by atoms with Crippen molar-refractivity contribution >= 4 is 39.3 Å². The van der Waals surface area contributed by atoms with Crippen LogP contribution in [0.4, 0.5) is 0 Å². The molecule has 0 amide bonds. The molecular weight excluding hydrogens is 440 g/mol. The molecule has 0 aliphatic heterocycles. The van der Waals surface area contributed by atoms with Crippen molar-refractivity contribution in [2.24, 2.45) is 17.8 Å². The molecular formula is C25H34N2O3S2. The van der Waals surface area contributed by atoms with E-state index in [0.717, 1.165) is 42.3 Å². The topological polar surface area (TPSA) is 61.2 Å². The predicted molar refractivity (Wildman–Crippen MR) is 133 cm³/mol. The summed E-state index contributed by atoms with van der Waals surface area (Å²) in [6.45, 7) is 10.9. The minimum absolute atomic E-state index is 0.00820. The lowest BCUT2D eigenvalue weighted by Gasteiger charge is -2.36. The number of esters is 1. The van der Waals surface area contributed by atoms with Gasteiger partial charge in [0.25, 0.3) is 5.56 Å². The molecule has 174 valence electrons. The molecule has 0 N–H and O–H groups in total. The molecule has 32 heavy (non-hydrogen) atoms. The maximum atomic E-state index is 13.3. The van der Waals surface area contributed by atoms with E-state index in [1.807, 2.05) is 0 Å². The van der Waals surface area contributed by atoms with Gasteiger partial charge in [0.05, 0.1) is 11.1 Å². The number of ether oxygens (including phenoxy) is 1. The standard InChI is InChI=1S/C25H34N2O3S2/c1-5-12-27-24(29)22-18-8-6-7-9-20(18)32-23(22)26-25(27)31-14-21(28)30-19-13-16(4)10-11-17(19)15(2)3/h5,15-17,19H,1,6-14H2,2-4H3. The summed E-state index contributed by atoms with van der Waals surface area (Å²) in [5.74, 6) is 1.45. The molecule has 0 bridgehead atoms. The number of hydrogen-bond acceptors (Lipinski definition) is 6. The van der Waals surface area contributed by atoms with Crippen LogP contribution in [0.25, 0.3) is 10.2 Å². The molecule has 0 spiro atoms. The van der Waals surface area contributed by atoms with Crippen molar-refractivity contribution in [3.8, 4) is 0 Å². The summed E-state index contributed by atoms with van der Waals surface area (Å²) in [5, 5.41) is 1.35. The van der Waals surface area contributed by atoms with Gasteiger partial charge in [0.15, 0.2) is 5.16 Å². The first-order chi connectivity index (χ1) is 15.4. The molecule has 1 fully saturated rings. The number of fused-ring (bicyclic) bond motifs is 3. The summed E-state index contributed by atoms with van der Waals surface area (Å²) < 4.78 is 7.61. The van der Waals surface area contributed by atoms with Gasteiger partial charge in [0.1, 0.15) is 10.9 Å². The predicted octanol–water partition coefficient (Wildman–Crippen LogP) is 5.62. The van der Waals surface area contributed by atoms with E-state index in [0.29, 0.717) is 29.5 Å². The van der Waals surface area contributed by atoms with Crippen molar-refractivity contribution < 1.29 is 9.53 Å². The van der Waals surface area contributed by atoms with Crippen LogP contribution < -0.4 is 5.56 Å². The highest BCUT2D eigenvalue weighted by Crippen LogP contribution is 2.36. The molecule has 2 heterocycles. The Hall–Kier alpha value is -1.60. The molecule has 0 saturated heterocycles. The molecule has 2 aliphatic rings. The van der Waals surface area contributed by atoms with Crippen LogP contribution in [-0.2, 0) is 28.9 Å². The third-order valence-corrected chi connectivity index (χ3v) is 9.05. The first-order valence-corrected chi connectivity index (χ1v) is 13.7. The Bertz CT molecular complexity index is 1060. The van der Waals surface area contributed by atoms with Gasteiger partial charge in [-0.15, -0.1) is 17.9 Å². The smallest absolute Gasteiger partial charge is 0.316 e. The van der Waals surface area contributed by atoms with Gasteiger partial charge in [-0.3, -0.25) is 14.2 Å². The van der Waals surface area contributed by atoms with E-state index in [9.17, 15) is 9.59 Å². The number of aromatic nitrogens is 2. The highest BCUT2D eigenvalue weighted by molar-refractivity contribution is 7.99. The Kier molecular flexibility index (Phi) is 7.45. The third kappa shape index (κ3) is 4.84. The Labute approximate surface area is 198 Å². The molecule has 3 atom stereocenters. The van der Waals surface area contributed by atoms with Crippen LogP contribution in [0, 0.1) is 17.8 Å². The summed E-state index contributed by atoms with van der Waals surface area (Å²) in [6.07, 6.45) is 9.24. The number of carbonyl (C=O) groups is 1. The first kappa shape index (κ1) is 23.6. The minimum atomic E-state index is -0.218. The fourth-order valence-electron chi connectivity index (χ4n) is 5.20. The zero-order valence-corrected chi connectivity index (χ0v) is 21.0. The molecule has 2 aromatic rings. The molecule has 3 unspecified atom stereocenters. The second kappa shape index (κ2) is 10.1. The molecule has 1 saturated carbocycles. The van der Waals surface area contributed by atoms with Gasteiger partial charge in [-0.2, -0.15) is 0 Å². The minimum Gasteiger partial charge on any atom is -0.461 e. The lowest BCUT2D eigenvalue weighted by molar-refractivity contribution is -0.152. The van der Waals surface area contributed by atoms with E-state index in [1.165, 1.54) is 35.0 Å². The van der Waals surface area contributed by atoms with E-state index in [2.05, 4.69) is 27.4 Å². The average Bonchev–Trinajstić information content (AvgIpc) is 3.13. The summed E-state index contributed by atoms with van der Waals surface area (Å²) in [7, 11) is 0. The summed E-state index contributed by atoms with van der Waals surface area (Å²) in [5.41, 5.74) is 1.18. The van der Waals surface area contributed by atoms with Gasteiger partial charge in [0.2, 0.25) is 0 Å². The van der Waals surface area contributed by atoms with Crippen LogP contribution in [0.1, 0.15) is 63.3 Å². The van der Waals surface area contributed by atoms with Crippen LogP contribution in [0.2, 0.25) is 0 Å². The monoisotopic (exact) mass is 474 g/mol. The molecule has 5 nitrogen and oxygen atoms in total. The Morgan fingerprint density at radius 1 is 1.34 bits per heavy atom. The van der Waals surface area contributed by atoms with E-state index in [1.54, 1.807) is 22.0 Å². The lowest BCUT2D eigenvalue weighted by atomic mass is 9.75. The zero-order valence-electron chi connectivity index (χ0n) is 19.4. The molecule has 0 radical (unpaired) electrons. The number of allylic oxidation sites excluding steroid dienone is 1. The Morgan fingerprint density at radius 3 is 2.88 bits per heavy atom. The Balaban J connectivity index is 1.53. The van der Waals surface area contributed by atoms with Crippen molar-refractivity contribution in [1.29, 1.82) is 0 Å². The Morgan fingerprint density at radius 2 is 2.12 bits per heavy atom.